The summed E-state index contributed by atoms with van der Waals surface area (Å²) in [5.41, 5.74) is 0.599. The lowest BCUT2D eigenvalue weighted by Gasteiger charge is -2.23. The van der Waals surface area contributed by atoms with Gasteiger partial charge in [-0.2, -0.15) is 13.2 Å². The van der Waals surface area contributed by atoms with Gasteiger partial charge < -0.3 is 10.6 Å². The Bertz CT molecular complexity index is 614. The van der Waals surface area contributed by atoms with Gasteiger partial charge in [0, 0.05) is 19.1 Å². The van der Waals surface area contributed by atoms with E-state index in [4.69, 9.17) is 5.73 Å². The van der Waals surface area contributed by atoms with Gasteiger partial charge in [0.1, 0.15) is 0 Å². The Morgan fingerprint density at radius 3 is 2.48 bits per heavy atom. The van der Waals surface area contributed by atoms with Crippen molar-refractivity contribution in [3.8, 4) is 0 Å². The van der Waals surface area contributed by atoms with Crippen LogP contribution in [0.5, 0.6) is 0 Å². The largest absolute Gasteiger partial charge is 0.501 e. The predicted molar refractivity (Wildman–Crippen MR) is 73.7 cm³/mol. The fourth-order valence-corrected chi connectivity index (χ4v) is 3.49. The van der Waals surface area contributed by atoms with E-state index in [2.05, 4.69) is 0 Å². The number of benzene rings is 1. The first-order valence-electron chi connectivity index (χ1n) is 6.55. The molecule has 1 aliphatic heterocycles. The quantitative estimate of drug-likeness (QED) is 0.926. The van der Waals surface area contributed by atoms with Gasteiger partial charge in [0.2, 0.25) is 0 Å². The third kappa shape index (κ3) is 3.01. The first kappa shape index (κ1) is 16.1. The summed E-state index contributed by atoms with van der Waals surface area (Å²) >= 11 is 0. The van der Waals surface area contributed by atoms with Gasteiger partial charge in [-0.05, 0) is 31.4 Å². The van der Waals surface area contributed by atoms with Crippen LogP contribution in [0.25, 0.3) is 0 Å². The Balaban J connectivity index is 2.40. The molecule has 1 aromatic rings. The number of nitrogens with zero attached hydrogens (tertiary/aromatic N) is 1. The predicted octanol–water partition coefficient (Wildman–Crippen LogP) is 2.15. The second-order valence-electron chi connectivity index (χ2n) is 5.27. The van der Waals surface area contributed by atoms with Gasteiger partial charge in [-0.3, -0.25) is 0 Å². The molecule has 0 amide bonds. The Labute approximate surface area is 121 Å². The molecule has 1 aromatic carbocycles. The SMILES string of the molecule is CC(N)C1CCN(c2ccccc2S(=O)(=O)C(F)(F)F)C1. The zero-order valence-corrected chi connectivity index (χ0v) is 12.3. The molecule has 2 unspecified atom stereocenters. The van der Waals surface area contributed by atoms with Crippen LogP contribution in [0.1, 0.15) is 13.3 Å². The van der Waals surface area contributed by atoms with E-state index in [-0.39, 0.29) is 17.6 Å². The summed E-state index contributed by atoms with van der Waals surface area (Å²) in [5, 5.41) is 0. The van der Waals surface area contributed by atoms with Gasteiger partial charge in [0.05, 0.1) is 10.6 Å². The number of alkyl halides is 3. The molecule has 118 valence electrons. The molecule has 4 nitrogen and oxygen atoms in total. The standard InChI is InChI=1S/C13H17F3N2O2S/c1-9(17)10-6-7-18(8-10)11-4-2-3-5-12(11)21(19,20)13(14,15)16/h2-5,9-10H,6-8,17H2,1H3. The van der Waals surface area contributed by atoms with Gasteiger partial charge in [-0.1, -0.05) is 12.1 Å². The van der Waals surface area contributed by atoms with E-state index < -0.39 is 20.2 Å². The molecule has 1 heterocycles. The number of sulfone groups is 1. The number of halogens is 3. The van der Waals surface area contributed by atoms with Crippen molar-refractivity contribution in [1.29, 1.82) is 0 Å². The average molecular weight is 322 g/mol. The minimum atomic E-state index is -5.36. The van der Waals surface area contributed by atoms with E-state index in [0.29, 0.717) is 13.1 Å². The fraction of sp³-hybridized carbons (Fsp3) is 0.538. The van der Waals surface area contributed by atoms with E-state index in [1.807, 2.05) is 6.92 Å². The highest BCUT2D eigenvalue weighted by atomic mass is 32.2. The van der Waals surface area contributed by atoms with Crippen LogP contribution in [-0.4, -0.2) is 33.1 Å². The highest BCUT2D eigenvalue weighted by molar-refractivity contribution is 7.92. The molecule has 8 heteroatoms. The molecule has 1 saturated heterocycles. The number of para-hydroxylation sites is 1. The number of anilines is 1. The van der Waals surface area contributed by atoms with Gasteiger partial charge >= 0.3 is 5.51 Å². The molecule has 1 aliphatic rings. The van der Waals surface area contributed by atoms with Crippen molar-refractivity contribution in [2.45, 2.75) is 29.8 Å². The van der Waals surface area contributed by atoms with Crippen molar-refractivity contribution in [3.05, 3.63) is 24.3 Å². The third-order valence-electron chi connectivity index (χ3n) is 3.77. The molecule has 0 radical (unpaired) electrons. The molecule has 2 rings (SSSR count). The van der Waals surface area contributed by atoms with Crippen molar-refractivity contribution in [1.82, 2.24) is 0 Å². The van der Waals surface area contributed by atoms with Crippen LogP contribution >= 0.6 is 0 Å². The van der Waals surface area contributed by atoms with Gasteiger partial charge in [-0.25, -0.2) is 8.42 Å². The lowest BCUT2D eigenvalue weighted by molar-refractivity contribution is -0.0435. The minimum Gasteiger partial charge on any atom is -0.370 e. The summed E-state index contributed by atoms with van der Waals surface area (Å²) in [6.07, 6.45) is 0.734. The number of nitrogens with two attached hydrogens (primary N) is 1. The molecule has 21 heavy (non-hydrogen) atoms. The summed E-state index contributed by atoms with van der Waals surface area (Å²) in [4.78, 5) is 0.968. The van der Waals surface area contributed by atoms with E-state index >= 15 is 0 Å². The maximum Gasteiger partial charge on any atom is 0.501 e. The van der Waals surface area contributed by atoms with E-state index in [1.54, 1.807) is 4.90 Å². The van der Waals surface area contributed by atoms with Crippen LogP contribution in [-0.2, 0) is 9.84 Å². The second kappa shape index (κ2) is 5.49. The van der Waals surface area contributed by atoms with Crippen LogP contribution in [0, 0.1) is 5.92 Å². The van der Waals surface area contributed by atoms with Gasteiger partial charge in [0.15, 0.2) is 0 Å². The summed E-state index contributed by atoms with van der Waals surface area (Å²) in [7, 11) is -5.36. The molecule has 2 atom stereocenters. The Kier molecular flexibility index (Phi) is 4.21. The monoisotopic (exact) mass is 322 g/mol. The number of hydrogen-bond acceptors (Lipinski definition) is 4. The summed E-state index contributed by atoms with van der Waals surface area (Å²) in [5.74, 6) is 0.145. The first-order chi connectivity index (χ1) is 9.64. The van der Waals surface area contributed by atoms with Gasteiger partial charge in [-0.15, -0.1) is 0 Å². The number of rotatable bonds is 3. The molecule has 0 spiro atoms. The molecular formula is C13H17F3N2O2S. The number of hydrogen-bond donors (Lipinski definition) is 1. The maximum atomic E-state index is 12.8. The second-order valence-corrected chi connectivity index (χ2v) is 7.18. The molecule has 2 N–H and O–H groups in total. The molecule has 1 fully saturated rings. The first-order valence-corrected chi connectivity index (χ1v) is 8.04. The van der Waals surface area contributed by atoms with Crippen LogP contribution in [0.3, 0.4) is 0 Å². The van der Waals surface area contributed by atoms with E-state index in [9.17, 15) is 21.6 Å². The zero-order valence-electron chi connectivity index (χ0n) is 11.5. The Hall–Kier alpha value is -1.28. The zero-order chi connectivity index (χ0) is 15.8. The van der Waals surface area contributed by atoms with Crippen LogP contribution < -0.4 is 10.6 Å². The molecule has 0 saturated carbocycles. The lowest BCUT2D eigenvalue weighted by atomic mass is 10.0. The van der Waals surface area contributed by atoms with E-state index in [0.717, 1.165) is 12.5 Å². The summed E-state index contributed by atoms with van der Waals surface area (Å²) < 4.78 is 61.6. The molecule has 0 aromatic heterocycles. The molecule has 0 aliphatic carbocycles. The topological polar surface area (TPSA) is 63.4 Å². The van der Waals surface area contributed by atoms with Crippen LogP contribution in [0.4, 0.5) is 18.9 Å². The highest BCUT2D eigenvalue weighted by Gasteiger charge is 2.48. The van der Waals surface area contributed by atoms with Crippen molar-refractivity contribution >= 4 is 15.5 Å². The maximum absolute atomic E-state index is 12.8. The summed E-state index contributed by atoms with van der Waals surface area (Å²) in [6.45, 7) is 2.80. The lowest BCUT2D eigenvalue weighted by Crippen LogP contribution is -2.31. The van der Waals surface area contributed by atoms with Crippen molar-refractivity contribution in [2.75, 3.05) is 18.0 Å². The minimum absolute atomic E-state index is 0.0821. The average Bonchev–Trinajstić information content (AvgIpc) is 2.87. The van der Waals surface area contributed by atoms with E-state index in [1.165, 1.54) is 18.2 Å². The fourth-order valence-electron chi connectivity index (χ4n) is 2.51. The Morgan fingerprint density at radius 1 is 1.33 bits per heavy atom. The third-order valence-corrected chi connectivity index (χ3v) is 5.30. The molecule has 0 bridgehead atoms. The van der Waals surface area contributed by atoms with Crippen LogP contribution in [0.15, 0.2) is 29.2 Å². The highest BCUT2D eigenvalue weighted by Crippen LogP contribution is 2.37. The molecular weight excluding hydrogens is 305 g/mol. The van der Waals surface area contributed by atoms with Crippen molar-refractivity contribution < 1.29 is 21.6 Å². The van der Waals surface area contributed by atoms with Crippen LogP contribution in [0.2, 0.25) is 0 Å². The summed E-state index contributed by atoms with van der Waals surface area (Å²) in [6, 6.07) is 5.14. The van der Waals surface area contributed by atoms with Gasteiger partial charge in [0.25, 0.3) is 9.84 Å². The smallest absolute Gasteiger partial charge is 0.370 e. The normalized spacial score (nSPS) is 21.6. The Morgan fingerprint density at radius 2 is 1.95 bits per heavy atom. The van der Waals surface area contributed by atoms with Crippen molar-refractivity contribution in [2.24, 2.45) is 11.7 Å². The van der Waals surface area contributed by atoms with Crippen molar-refractivity contribution in [3.63, 3.8) is 0 Å².